The minimum absolute atomic E-state index is 0.00358. The van der Waals surface area contributed by atoms with Gasteiger partial charge in [-0.1, -0.05) is 0 Å². The number of pyridine rings is 1. The molecular formula is C10H12F2N2O2. The molecule has 0 spiro atoms. The first-order valence-corrected chi connectivity index (χ1v) is 4.58. The summed E-state index contributed by atoms with van der Waals surface area (Å²) in [6.07, 6.45) is -2.74. The number of nitrogens with two attached hydrogens (primary N) is 1. The van der Waals surface area contributed by atoms with E-state index in [0.717, 1.165) is 6.07 Å². The fourth-order valence-corrected chi connectivity index (χ4v) is 1.32. The van der Waals surface area contributed by atoms with E-state index < -0.39 is 18.1 Å². The molecule has 0 radical (unpaired) electrons. The molecule has 0 unspecified atom stereocenters. The Morgan fingerprint density at radius 3 is 2.69 bits per heavy atom. The summed E-state index contributed by atoms with van der Waals surface area (Å²) in [6, 6.07) is 1.03. The molecule has 0 atom stereocenters. The van der Waals surface area contributed by atoms with Gasteiger partial charge in [0.1, 0.15) is 5.69 Å². The van der Waals surface area contributed by atoms with Crippen LogP contribution in [-0.4, -0.2) is 18.1 Å². The number of carbonyl (C=O) groups is 1. The van der Waals surface area contributed by atoms with Crippen LogP contribution in [0.25, 0.3) is 0 Å². The highest BCUT2D eigenvalue weighted by molar-refractivity contribution is 5.91. The van der Waals surface area contributed by atoms with Crippen molar-refractivity contribution in [3.8, 4) is 0 Å². The van der Waals surface area contributed by atoms with Gasteiger partial charge in [0.2, 0.25) is 0 Å². The van der Waals surface area contributed by atoms with Crippen molar-refractivity contribution in [2.75, 3.05) is 7.11 Å². The Kier molecular flexibility index (Phi) is 3.89. The van der Waals surface area contributed by atoms with Crippen molar-refractivity contribution in [3.05, 3.63) is 28.6 Å². The topological polar surface area (TPSA) is 65.2 Å². The third kappa shape index (κ3) is 2.33. The van der Waals surface area contributed by atoms with Crippen molar-refractivity contribution >= 4 is 5.97 Å². The van der Waals surface area contributed by atoms with Crippen LogP contribution in [0.1, 0.15) is 33.7 Å². The molecular weight excluding hydrogens is 218 g/mol. The number of methoxy groups -OCH3 is 1. The summed E-state index contributed by atoms with van der Waals surface area (Å²) in [5, 5.41) is 0. The van der Waals surface area contributed by atoms with Crippen LogP contribution in [-0.2, 0) is 11.3 Å². The molecule has 0 saturated heterocycles. The second kappa shape index (κ2) is 4.98. The maximum Gasteiger partial charge on any atom is 0.338 e. The second-order valence-corrected chi connectivity index (χ2v) is 3.16. The average Bonchev–Trinajstić information content (AvgIpc) is 2.28. The van der Waals surface area contributed by atoms with Gasteiger partial charge in [-0.3, -0.25) is 4.98 Å². The monoisotopic (exact) mass is 230 g/mol. The van der Waals surface area contributed by atoms with Gasteiger partial charge in [0.15, 0.2) is 0 Å². The van der Waals surface area contributed by atoms with Crippen molar-refractivity contribution in [1.29, 1.82) is 0 Å². The number of hydrogen-bond donors (Lipinski definition) is 1. The first-order valence-electron chi connectivity index (χ1n) is 4.58. The van der Waals surface area contributed by atoms with Gasteiger partial charge in [0.05, 0.1) is 18.4 Å². The normalized spacial score (nSPS) is 10.6. The molecule has 0 aliphatic rings. The summed E-state index contributed by atoms with van der Waals surface area (Å²) in [4.78, 5) is 15.0. The van der Waals surface area contributed by atoms with Crippen molar-refractivity contribution in [3.63, 3.8) is 0 Å². The molecule has 0 amide bonds. The van der Waals surface area contributed by atoms with E-state index in [0.29, 0.717) is 5.56 Å². The second-order valence-electron chi connectivity index (χ2n) is 3.16. The van der Waals surface area contributed by atoms with Gasteiger partial charge < -0.3 is 10.5 Å². The molecule has 0 saturated carbocycles. The number of nitrogens with zero attached hydrogens (tertiary/aromatic N) is 1. The van der Waals surface area contributed by atoms with Gasteiger partial charge >= 0.3 is 5.97 Å². The van der Waals surface area contributed by atoms with Gasteiger partial charge in [0, 0.05) is 6.54 Å². The van der Waals surface area contributed by atoms with Gasteiger partial charge in [-0.15, -0.1) is 0 Å². The molecule has 1 aromatic rings. The highest BCUT2D eigenvalue weighted by atomic mass is 19.3. The predicted octanol–water partition coefficient (Wildman–Crippen LogP) is 1.57. The Bertz CT molecular complexity index is 408. The highest BCUT2D eigenvalue weighted by Gasteiger charge is 2.18. The molecule has 16 heavy (non-hydrogen) atoms. The molecule has 6 heteroatoms. The minimum atomic E-state index is -2.74. The van der Waals surface area contributed by atoms with Crippen molar-refractivity contribution < 1.29 is 18.3 Å². The van der Waals surface area contributed by atoms with Crippen LogP contribution in [0.5, 0.6) is 0 Å². The number of hydrogen-bond acceptors (Lipinski definition) is 4. The molecule has 1 aromatic heterocycles. The lowest BCUT2D eigenvalue weighted by Gasteiger charge is -2.10. The molecule has 0 fully saturated rings. The van der Waals surface area contributed by atoms with Crippen LogP contribution in [0.4, 0.5) is 8.78 Å². The number of alkyl halides is 2. The van der Waals surface area contributed by atoms with Crippen molar-refractivity contribution in [2.24, 2.45) is 5.73 Å². The summed E-state index contributed by atoms with van der Waals surface area (Å²) in [5.41, 5.74) is 5.73. The predicted molar refractivity (Wildman–Crippen MR) is 53.2 cm³/mol. The quantitative estimate of drug-likeness (QED) is 0.800. The highest BCUT2D eigenvalue weighted by Crippen LogP contribution is 2.22. The Labute approximate surface area is 91.4 Å². The van der Waals surface area contributed by atoms with Crippen LogP contribution in [0.3, 0.4) is 0 Å². The number of halogens is 2. The van der Waals surface area contributed by atoms with Crippen molar-refractivity contribution in [2.45, 2.75) is 19.9 Å². The SMILES string of the molecule is COC(=O)c1cc(C(F)F)nc(CN)c1C. The van der Waals surface area contributed by atoms with Crippen LogP contribution < -0.4 is 5.73 Å². The summed E-state index contributed by atoms with van der Waals surface area (Å²) in [7, 11) is 1.19. The molecule has 88 valence electrons. The van der Waals surface area contributed by atoms with Crippen molar-refractivity contribution in [1.82, 2.24) is 4.98 Å². The lowest BCUT2D eigenvalue weighted by molar-refractivity contribution is 0.0599. The standard InChI is InChI=1S/C10H12F2N2O2/c1-5-6(10(15)16-2)3-7(9(11)12)14-8(5)4-13/h3,9H,4,13H2,1-2H3. The summed E-state index contributed by atoms with van der Waals surface area (Å²) < 4.78 is 29.5. The summed E-state index contributed by atoms with van der Waals surface area (Å²) in [5.74, 6) is -0.670. The molecule has 4 nitrogen and oxygen atoms in total. The molecule has 0 aromatic carbocycles. The molecule has 0 aliphatic heterocycles. The fraction of sp³-hybridized carbons (Fsp3) is 0.400. The van der Waals surface area contributed by atoms with Crippen LogP contribution >= 0.6 is 0 Å². The molecule has 2 N–H and O–H groups in total. The number of aromatic nitrogens is 1. The van der Waals surface area contributed by atoms with E-state index in [9.17, 15) is 13.6 Å². The summed E-state index contributed by atoms with van der Waals surface area (Å²) >= 11 is 0. The lowest BCUT2D eigenvalue weighted by atomic mass is 10.1. The van der Waals surface area contributed by atoms with E-state index in [1.807, 2.05) is 0 Å². The van der Waals surface area contributed by atoms with Crippen LogP contribution in [0.2, 0.25) is 0 Å². The Morgan fingerprint density at radius 2 is 2.25 bits per heavy atom. The minimum Gasteiger partial charge on any atom is -0.465 e. The maximum absolute atomic E-state index is 12.5. The van der Waals surface area contributed by atoms with E-state index in [1.165, 1.54) is 7.11 Å². The van der Waals surface area contributed by atoms with Gasteiger partial charge in [-0.2, -0.15) is 0 Å². The van der Waals surface area contributed by atoms with Gasteiger partial charge in [-0.25, -0.2) is 13.6 Å². The zero-order valence-corrected chi connectivity index (χ0v) is 8.96. The Balaban J connectivity index is 3.35. The first-order chi connectivity index (χ1) is 7.51. The van der Waals surface area contributed by atoms with E-state index in [4.69, 9.17) is 5.73 Å². The summed E-state index contributed by atoms with van der Waals surface area (Å²) in [6.45, 7) is 1.59. The maximum atomic E-state index is 12.5. The zero-order chi connectivity index (χ0) is 12.3. The first kappa shape index (κ1) is 12.5. The van der Waals surface area contributed by atoms with Gasteiger partial charge in [0.25, 0.3) is 6.43 Å². The van der Waals surface area contributed by atoms with E-state index in [1.54, 1.807) is 6.92 Å². The van der Waals surface area contributed by atoms with E-state index >= 15 is 0 Å². The molecule has 0 aliphatic carbocycles. The smallest absolute Gasteiger partial charge is 0.338 e. The third-order valence-corrected chi connectivity index (χ3v) is 2.22. The Hall–Kier alpha value is -1.56. The number of carbonyl (C=O) groups excluding carboxylic acids is 1. The number of rotatable bonds is 3. The van der Waals surface area contributed by atoms with Crippen LogP contribution in [0.15, 0.2) is 6.07 Å². The Morgan fingerprint density at radius 1 is 1.62 bits per heavy atom. The van der Waals surface area contributed by atoms with E-state index in [2.05, 4.69) is 9.72 Å². The third-order valence-electron chi connectivity index (χ3n) is 2.22. The molecule has 1 heterocycles. The fourth-order valence-electron chi connectivity index (χ4n) is 1.32. The number of ether oxygens (including phenoxy) is 1. The molecule has 0 bridgehead atoms. The lowest BCUT2D eigenvalue weighted by Crippen LogP contribution is -2.12. The van der Waals surface area contributed by atoms with Gasteiger partial charge in [-0.05, 0) is 18.6 Å². The number of esters is 1. The largest absolute Gasteiger partial charge is 0.465 e. The average molecular weight is 230 g/mol. The van der Waals surface area contributed by atoms with E-state index in [-0.39, 0.29) is 17.8 Å². The molecule has 1 rings (SSSR count). The zero-order valence-electron chi connectivity index (χ0n) is 8.96. The van der Waals surface area contributed by atoms with Crippen LogP contribution in [0, 0.1) is 6.92 Å².